The van der Waals surface area contributed by atoms with E-state index in [0.29, 0.717) is 12.1 Å². The van der Waals surface area contributed by atoms with Crippen LogP contribution in [0.5, 0.6) is 0 Å². The zero-order valence-electron chi connectivity index (χ0n) is 33.1. The minimum absolute atomic E-state index is 0.0418. The Labute approximate surface area is 312 Å². The normalized spacial score (nSPS) is 40.8. The van der Waals surface area contributed by atoms with Crippen molar-refractivity contribution in [3.8, 4) is 0 Å². The highest BCUT2D eigenvalue weighted by atomic mass is 16.8. The number of pyridine rings is 1. The first-order valence-corrected chi connectivity index (χ1v) is 18.5. The second kappa shape index (κ2) is 17.4. The van der Waals surface area contributed by atoms with E-state index in [1.54, 1.807) is 40.0 Å². The molecule has 3 aliphatic rings. The predicted molar refractivity (Wildman–Crippen MR) is 192 cm³/mol. The lowest BCUT2D eigenvalue weighted by Crippen LogP contribution is -2.60. The number of hydrogen-bond donors (Lipinski definition) is 1. The zero-order valence-corrected chi connectivity index (χ0v) is 33.1. The smallest absolute Gasteiger partial charge is 0.458 e. The van der Waals surface area contributed by atoms with Gasteiger partial charge in [0.05, 0.1) is 29.4 Å². The quantitative estimate of drug-likeness (QED) is 0.225. The molecule has 3 saturated heterocycles. The number of rotatable bonds is 8. The molecule has 4 heterocycles. The van der Waals surface area contributed by atoms with Gasteiger partial charge in [0, 0.05) is 37.1 Å². The summed E-state index contributed by atoms with van der Waals surface area (Å²) in [6.07, 6.45) is -4.77. The fourth-order valence-electron chi connectivity index (χ4n) is 8.36. The third-order valence-corrected chi connectivity index (χ3v) is 11.3. The molecule has 0 aromatic carbocycles. The van der Waals surface area contributed by atoms with Crippen LogP contribution in [-0.4, -0.2) is 127 Å². The predicted octanol–water partition coefficient (Wildman–Crippen LogP) is 4.39. The summed E-state index contributed by atoms with van der Waals surface area (Å²) in [4.78, 5) is 52.2. The minimum atomic E-state index is -1.41. The van der Waals surface area contributed by atoms with Crippen LogP contribution in [0.25, 0.3) is 0 Å². The summed E-state index contributed by atoms with van der Waals surface area (Å²) >= 11 is 0. The third-order valence-electron chi connectivity index (χ3n) is 11.3. The molecule has 1 aromatic heterocycles. The van der Waals surface area contributed by atoms with Gasteiger partial charge in [-0.1, -0.05) is 38.9 Å². The highest BCUT2D eigenvalue weighted by Gasteiger charge is 2.59. The highest BCUT2D eigenvalue weighted by molar-refractivity contribution is 5.89. The number of carbonyl (C=O) groups excluding carboxylic acids is 3. The van der Waals surface area contributed by atoms with Crippen molar-refractivity contribution in [3.05, 3.63) is 30.1 Å². The molecule has 14 atom stereocenters. The molecule has 0 amide bonds. The Kier molecular flexibility index (Phi) is 13.9. The van der Waals surface area contributed by atoms with Crippen molar-refractivity contribution >= 4 is 23.8 Å². The number of carbonyl (C=O) groups is 3. The van der Waals surface area contributed by atoms with Gasteiger partial charge in [-0.25, -0.2) is 14.6 Å². The van der Waals surface area contributed by atoms with E-state index in [9.17, 15) is 19.5 Å². The number of ether oxygens (including phenoxy) is 7. The largest absolute Gasteiger partial charge is 0.509 e. The average Bonchev–Trinajstić information content (AvgIpc) is 3.44. The second-order valence-corrected chi connectivity index (χ2v) is 15.4. The molecule has 0 spiro atoms. The van der Waals surface area contributed by atoms with Crippen molar-refractivity contribution < 1.29 is 57.5 Å². The Bertz CT molecular complexity index is 1450. The molecular weight excluding hydrogens is 690 g/mol. The van der Waals surface area contributed by atoms with Crippen LogP contribution in [0, 0.1) is 23.7 Å². The van der Waals surface area contributed by atoms with E-state index in [1.165, 1.54) is 19.4 Å². The van der Waals surface area contributed by atoms with Crippen molar-refractivity contribution in [1.29, 1.82) is 0 Å². The Balaban J connectivity index is 1.91. The van der Waals surface area contributed by atoms with Crippen LogP contribution in [0.1, 0.15) is 85.1 Å². The van der Waals surface area contributed by atoms with Gasteiger partial charge in [-0.3, -0.25) is 4.79 Å². The molecule has 15 heteroatoms. The van der Waals surface area contributed by atoms with Crippen molar-refractivity contribution in [2.75, 3.05) is 28.3 Å². The topological polar surface area (TPSA) is 174 Å². The fraction of sp³-hybridized carbons (Fsp3) is 0.763. The van der Waals surface area contributed by atoms with Crippen LogP contribution >= 0.6 is 0 Å². The number of aliphatic hydroxyl groups excluding tert-OH is 1. The van der Waals surface area contributed by atoms with Gasteiger partial charge in [-0.05, 0) is 73.2 Å². The summed E-state index contributed by atoms with van der Waals surface area (Å²) in [5.74, 6) is -4.28. The Morgan fingerprint density at radius 2 is 1.77 bits per heavy atom. The van der Waals surface area contributed by atoms with Crippen molar-refractivity contribution in [2.24, 2.45) is 28.8 Å². The number of fused-ring (bicyclic) bond motifs is 1. The van der Waals surface area contributed by atoms with E-state index in [-0.39, 0.29) is 36.6 Å². The van der Waals surface area contributed by atoms with E-state index in [1.807, 2.05) is 53.6 Å². The Morgan fingerprint density at radius 1 is 1.08 bits per heavy atom. The maximum absolute atomic E-state index is 14.3. The number of nitrogens with zero attached hydrogens (tertiary/aromatic N) is 3. The molecule has 0 radical (unpaired) electrons. The first-order valence-electron chi connectivity index (χ1n) is 18.5. The van der Waals surface area contributed by atoms with Crippen LogP contribution in [-0.2, 0) is 42.8 Å². The standard InChI is InChI=1S/C38H59N3O12/c1-13-27-38(8)32(52-36(45)53-38)22(4)28(40-47-12)20(2)19-37(7,46-11)31(51-35-29(42)26(41(9)10)18-21(3)48-35)23(5)30(24(6)33(43)49-27)50-34(44)25-16-14-15-17-39-25/h14-17,20-24,26-27,29-32,35,42H,13,18-19H2,1-12H3/b40-28+/t20-,21-,22+,23+,24-,26+,27-,29-,30-,31-,32-,35+,37-,38-/m1/s1. The fourth-order valence-corrected chi connectivity index (χ4v) is 8.36. The van der Waals surface area contributed by atoms with Gasteiger partial charge in [0.15, 0.2) is 18.0 Å². The maximum atomic E-state index is 14.3. The van der Waals surface area contributed by atoms with Crippen LogP contribution in [0.2, 0.25) is 0 Å². The average molecular weight is 750 g/mol. The van der Waals surface area contributed by atoms with Crippen molar-refractivity contribution in [2.45, 2.75) is 135 Å². The van der Waals surface area contributed by atoms with Crippen molar-refractivity contribution in [1.82, 2.24) is 9.88 Å². The number of oxime groups is 1. The molecule has 4 rings (SSSR count). The molecule has 3 fully saturated rings. The lowest BCUT2D eigenvalue weighted by Gasteiger charge is -2.48. The summed E-state index contributed by atoms with van der Waals surface area (Å²) in [7, 11) is 6.74. The summed E-state index contributed by atoms with van der Waals surface area (Å²) in [6, 6.07) is 4.57. The molecule has 1 N–H and O–H groups in total. The molecule has 3 aliphatic heterocycles. The molecular formula is C38H59N3O12. The van der Waals surface area contributed by atoms with Gasteiger partial charge < -0.3 is 48.0 Å². The van der Waals surface area contributed by atoms with E-state index in [0.717, 1.165) is 0 Å². The van der Waals surface area contributed by atoms with E-state index in [2.05, 4.69) is 10.1 Å². The number of likely N-dealkylation sites (N-methyl/N-ethyl adjacent to an activating group) is 1. The van der Waals surface area contributed by atoms with Crippen molar-refractivity contribution in [3.63, 3.8) is 0 Å². The molecule has 0 bridgehead atoms. The second-order valence-electron chi connectivity index (χ2n) is 15.4. The Hall–Kier alpha value is -3.37. The molecule has 0 saturated carbocycles. The summed E-state index contributed by atoms with van der Waals surface area (Å²) in [6.45, 7) is 14.5. The molecule has 1 aromatic rings. The van der Waals surface area contributed by atoms with E-state index >= 15 is 0 Å². The molecule has 53 heavy (non-hydrogen) atoms. The summed E-state index contributed by atoms with van der Waals surface area (Å²) < 4.78 is 43.4. The Morgan fingerprint density at radius 3 is 2.36 bits per heavy atom. The van der Waals surface area contributed by atoms with E-state index < -0.39 is 83.9 Å². The lowest BCUT2D eigenvalue weighted by atomic mass is 9.73. The first-order chi connectivity index (χ1) is 24.9. The first kappa shape index (κ1) is 42.4. The molecule has 15 nitrogen and oxygen atoms in total. The van der Waals surface area contributed by atoms with Gasteiger partial charge in [0.1, 0.15) is 31.1 Å². The molecule has 0 aliphatic carbocycles. The van der Waals surface area contributed by atoms with Crippen LogP contribution in [0.15, 0.2) is 29.6 Å². The molecule has 0 unspecified atom stereocenters. The maximum Gasteiger partial charge on any atom is 0.509 e. The number of methoxy groups -OCH3 is 1. The number of esters is 2. The SMILES string of the molecule is CC[C@H]1OC(=O)[C@H](C)[C@H](OC(=O)c2ccccn2)[C@H](C)[C@@H](O[C@@H]2O[C@H](C)C[C@H](N(C)C)[C@H]2O)[C@](C)(OC)C[C@@H](C)/C(=N\OC)[C@H](C)[C@H]2OC(=O)O[C@@]21C. The van der Waals surface area contributed by atoms with Gasteiger partial charge in [0.25, 0.3) is 0 Å². The number of cyclic esters (lactones) is 1. The third kappa shape index (κ3) is 8.96. The number of aliphatic hydroxyl groups is 1. The monoisotopic (exact) mass is 749 g/mol. The summed E-state index contributed by atoms with van der Waals surface area (Å²) in [5.41, 5.74) is -2.03. The van der Waals surface area contributed by atoms with Gasteiger partial charge in [-0.2, -0.15) is 0 Å². The lowest BCUT2D eigenvalue weighted by molar-refractivity contribution is -0.301. The van der Waals surface area contributed by atoms with Gasteiger partial charge >= 0.3 is 18.1 Å². The van der Waals surface area contributed by atoms with Gasteiger partial charge in [0.2, 0.25) is 0 Å². The van der Waals surface area contributed by atoms with Gasteiger partial charge in [-0.15, -0.1) is 0 Å². The highest BCUT2D eigenvalue weighted by Crippen LogP contribution is 2.43. The van der Waals surface area contributed by atoms with E-state index in [4.69, 9.17) is 38.0 Å². The van der Waals surface area contributed by atoms with Crippen LogP contribution in [0.3, 0.4) is 0 Å². The number of aromatic nitrogens is 1. The minimum Gasteiger partial charge on any atom is -0.458 e. The van der Waals surface area contributed by atoms with Crippen LogP contribution in [0.4, 0.5) is 4.79 Å². The summed E-state index contributed by atoms with van der Waals surface area (Å²) in [5, 5.41) is 16.0. The number of hydrogen-bond acceptors (Lipinski definition) is 15. The molecule has 298 valence electrons. The van der Waals surface area contributed by atoms with Crippen LogP contribution < -0.4 is 0 Å². The zero-order chi connectivity index (χ0) is 39.4.